The number of aliphatic carboxylic acids is 1. The fourth-order valence-electron chi connectivity index (χ4n) is 1.87. The van der Waals surface area contributed by atoms with Crippen molar-refractivity contribution in [2.75, 3.05) is 7.11 Å². The molecule has 1 rings (SSSR count). The number of methoxy groups -OCH3 is 1. The molecule has 1 aromatic carbocycles. The molecule has 0 spiro atoms. The highest BCUT2D eigenvalue weighted by atomic mass is 79.9. The van der Waals surface area contributed by atoms with Crippen molar-refractivity contribution in [1.29, 1.82) is 0 Å². The average molecular weight is 330 g/mol. The number of ether oxygens (including phenoxy) is 1. The van der Waals surface area contributed by atoms with E-state index >= 15 is 0 Å². The van der Waals surface area contributed by atoms with Gasteiger partial charge in [0.25, 0.3) is 0 Å². The third-order valence-electron chi connectivity index (χ3n) is 3.23. The summed E-state index contributed by atoms with van der Waals surface area (Å²) in [5.74, 6) is 0.0166. The van der Waals surface area contributed by atoms with Crippen molar-refractivity contribution in [2.24, 2.45) is 5.92 Å². The predicted molar refractivity (Wildman–Crippen MR) is 78.4 cm³/mol. The molecule has 0 radical (unpaired) electrons. The molecule has 0 unspecified atom stereocenters. The van der Waals surface area contributed by atoms with Gasteiger partial charge in [0, 0.05) is 16.6 Å². The van der Waals surface area contributed by atoms with Crippen molar-refractivity contribution in [2.45, 2.75) is 32.9 Å². The molecule has 0 heterocycles. The second-order valence-electron chi connectivity index (χ2n) is 4.54. The lowest BCUT2D eigenvalue weighted by molar-refractivity contribution is -0.140. The zero-order valence-corrected chi connectivity index (χ0v) is 13.0. The van der Waals surface area contributed by atoms with Gasteiger partial charge in [-0.25, -0.2) is 0 Å². The predicted octanol–water partition coefficient (Wildman–Crippen LogP) is 3.05. The summed E-state index contributed by atoms with van der Waals surface area (Å²) in [6, 6.07) is 5.14. The van der Waals surface area contributed by atoms with Crippen LogP contribution in [-0.4, -0.2) is 24.2 Å². The first-order valence-electron chi connectivity index (χ1n) is 6.28. The molecular formula is C14H20BrNO3. The van der Waals surface area contributed by atoms with Crippen LogP contribution in [0.4, 0.5) is 0 Å². The lowest BCUT2D eigenvalue weighted by atomic mass is 9.99. The fourth-order valence-corrected chi connectivity index (χ4v) is 2.28. The molecule has 0 aliphatic rings. The Kier molecular flexibility index (Phi) is 6.31. The van der Waals surface area contributed by atoms with Crippen molar-refractivity contribution < 1.29 is 14.6 Å². The van der Waals surface area contributed by atoms with E-state index in [-0.39, 0.29) is 5.92 Å². The number of benzene rings is 1. The van der Waals surface area contributed by atoms with Crippen molar-refractivity contribution in [3.05, 3.63) is 28.2 Å². The highest BCUT2D eigenvalue weighted by molar-refractivity contribution is 9.10. The molecule has 0 aliphatic carbocycles. The number of hydrogen-bond acceptors (Lipinski definition) is 3. The van der Waals surface area contributed by atoms with Gasteiger partial charge in [-0.3, -0.25) is 10.1 Å². The summed E-state index contributed by atoms with van der Waals surface area (Å²) in [4.78, 5) is 11.2. The fraction of sp³-hybridized carbons (Fsp3) is 0.500. The van der Waals surface area contributed by atoms with Crippen LogP contribution in [0.15, 0.2) is 22.7 Å². The molecule has 19 heavy (non-hydrogen) atoms. The molecule has 5 heteroatoms. The van der Waals surface area contributed by atoms with E-state index in [9.17, 15) is 9.90 Å². The van der Waals surface area contributed by atoms with Crippen molar-refractivity contribution in [3.63, 3.8) is 0 Å². The van der Waals surface area contributed by atoms with Crippen LogP contribution in [0.2, 0.25) is 0 Å². The van der Waals surface area contributed by atoms with Crippen LogP contribution < -0.4 is 10.1 Å². The van der Waals surface area contributed by atoms with Gasteiger partial charge in [-0.15, -0.1) is 0 Å². The number of carboxylic acids is 1. The zero-order chi connectivity index (χ0) is 14.4. The third-order valence-corrected chi connectivity index (χ3v) is 3.73. The monoisotopic (exact) mass is 329 g/mol. The molecule has 0 aliphatic heterocycles. The van der Waals surface area contributed by atoms with Crippen LogP contribution in [0.3, 0.4) is 0 Å². The number of nitrogens with one attached hydrogen (secondary N) is 1. The van der Waals surface area contributed by atoms with E-state index in [0.29, 0.717) is 6.54 Å². The number of carboxylic acid groups (broad SMARTS) is 1. The molecule has 106 valence electrons. The van der Waals surface area contributed by atoms with E-state index in [1.165, 1.54) is 0 Å². The number of halogens is 1. The van der Waals surface area contributed by atoms with Crippen LogP contribution >= 0.6 is 15.9 Å². The van der Waals surface area contributed by atoms with Gasteiger partial charge in [0.05, 0.1) is 7.11 Å². The Labute approximate surface area is 122 Å². The Hall–Kier alpha value is -1.07. The quantitative estimate of drug-likeness (QED) is 0.807. The molecule has 2 N–H and O–H groups in total. The largest absolute Gasteiger partial charge is 0.496 e. The average Bonchev–Trinajstić information content (AvgIpc) is 2.38. The molecular weight excluding hydrogens is 310 g/mol. The molecule has 1 aromatic rings. The molecule has 0 aromatic heterocycles. The summed E-state index contributed by atoms with van der Waals surface area (Å²) in [6.45, 7) is 4.38. The van der Waals surface area contributed by atoms with E-state index in [0.717, 1.165) is 22.2 Å². The Morgan fingerprint density at radius 2 is 2.21 bits per heavy atom. The van der Waals surface area contributed by atoms with Crippen LogP contribution in [0.1, 0.15) is 25.8 Å². The van der Waals surface area contributed by atoms with Gasteiger partial charge in [-0.05, 0) is 24.1 Å². The molecule has 4 nitrogen and oxygen atoms in total. The van der Waals surface area contributed by atoms with Crippen molar-refractivity contribution >= 4 is 21.9 Å². The first-order chi connectivity index (χ1) is 8.99. The minimum absolute atomic E-state index is 0.0793. The maximum absolute atomic E-state index is 11.2. The Morgan fingerprint density at radius 1 is 1.53 bits per heavy atom. The van der Waals surface area contributed by atoms with Crippen molar-refractivity contribution in [1.82, 2.24) is 5.32 Å². The summed E-state index contributed by atoms with van der Waals surface area (Å²) in [5.41, 5.74) is 0.937. The summed E-state index contributed by atoms with van der Waals surface area (Å²) < 4.78 is 6.22. The van der Waals surface area contributed by atoms with Gasteiger partial charge in [0.1, 0.15) is 11.8 Å². The van der Waals surface area contributed by atoms with Gasteiger partial charge in [0.15, 0.2) is 0 Å². The summed E-state index contributed by atoms with van der Waals surface area (Å²) in [6.07, 6.45) is 0.819. The molecule has 0 saturated carbocycles. The smallest absolute Gasteiger partial charge is 0.320 e. The second-order valence-corrected chi connectivity index (χ2v) is 5.45. The highest BCUT2D eigenvalue weighted by Gasteiger charge is 2.23. The first-order valence-corrected chi connectivity index (χ1v) is 7.07. The minimum atomic E-state index is -0.816. The molecule has 0 amide bonds. The molecule has 0 fully saturated rings. The van der Waals surface area contributed by atoms with Gasteiger partial charge in [-0.2, -0.15) is 0 Å². The lowest BCUT2D eigenvalue weighted by Crippen LogP contribution is -2.41. The van der Waals surface area contributed by atoms with Gasteiger partial charge in [-0.1, -0.05) is 36.2 Å². The number of hydrogen-bond donors (Lipinski definition) is 2. The van der Waals surface area contributed by atoms with Gasteiger partial charge >= 0.3 is 5.97 Å². The van der Waals surface area contributed by atoms with E-state index in [4.69, 9.17) is 4.74 Å². The second kappa shape index (κ2) is 7.50. The van der Waals surface area contributed by atoms with Crippen LogP contribution in [-0.2, 0) is 11.3 Å². The van der Waals surface area contributed by atoms with Gasteiger partial charge < -0.3 is 9.84 Å². The van der Waals surface area contributed by atoms with Gasteiger partial charge in [0.2, 0.25) is 0 Å². The lowest BCUT2D eigenvalue weighted by Gasteiger charge is -2.21. The third kappa shape index (κ3) is 4.51. The summed E-state index contributed by atoms with van der Waals surface area (Å²) in [7, 11) is 1.61. The summed E-state index contributed by atoms with van der Waals surface area (Å²) in [5, 5.41) is 12.3. The van der Waals surface area contributed by atoms with E-state index < -0.39 is 12.0 Å². The molecule has 2 atom stereocenters. The van der Waals surface area contributed by atoms with E-state index in [1.807, 2.05) is 32.0 Å². The Bertz CT molecular complexity index is 437. The molecule has 0 saturated heterocycles. The Balaban J connectivity index is 2.79. The number of rotatable bonds is 7. The maximum atomic E-state index is 11.2. The Morgan fingerprint density at radius 3 is 2.74 bits per heavy atom. The SMILES string of the molecule is CC[C@H](C)[C@H](NCc1cc(Br)ccc1OC)C(=O)O. The maximum Gasteiger partial charge on any atom is 0.320 e. The van der Waals surface area contributed by atoms with Crippen LogP contribution in [0.25, 0.3) is 0 Å². The first kappa shape index (κ1) is 16.0. The zero-order valence-electron chi connectivity index (χ0n) is 11.4. The normalized spacial score (nSPS) is 13.9. The minimum Gasteiger partial charge on any atom is -0.496 e. The highest BCUT2D eigenvalue weighted by Crippen LogP contribution is 2.23. The van der Waals surface area contributed by atoms with Crippen LogP contribution in [0.5, 0.6) is 5.75 Å². The molecule has 0 bridgehead atoms. The number of carbonyl (C=O) groups is 1. The standard InChI is InChI=1S/C14H20BrNO3/c1-4-9(2)13(14(17)18)16-8-10-7-11(15)5-6-12(10)19-3/h5-7,9,13,16H,4,8H2,1-3H3,(H,17,18)/t9-,13-/m0/s1. The van der Waals surface area contributed by atoms with E-state index in [1.54, 1.807) is 7.11 Å². The van der Waals surface area contributed by atoms with E-state index in [2.05, 4.69) is 21.2 Å². The van der Waals surface area contributed by atoms with Crippen molar-refractivity contribution in [3.8, 4) is 5.75 Å². The summed E-state index contributed by atoms with van der Waals surface area (Å²) >= 11 is 3.40. The van der Waals surface area contributed by atoms with Crippen LogP contribution in [0, 0.1) is 5.92 Å². The topological polar surface area (TPSA) is 58.6 Å².